The zero-order valence-corrected chi connectivity index (χ0v) is 17.2. The molecule has 6 nitrogen and oxygen atoms in total. The molecule has 0 saturated heterocycles. The fraction of sp³-hybridized carbons (Fsp3) is 0.474. The fourth-order valence-corrected chi connectivity index (χ4v) is 5.44. The molecule has 1 saturated carbocycles. The average molecular weight is 409 g/mol. The van der Waals surface area contributed by atoms with E-state index in [2.05, 4.69) is 9.71 Å². The number of hydrogen-bond acceptors (Lipinski definition) is 6. The van der Waals surface area contributed by atoms with Crippen LogP contribution in [0.1, 0.15) is 65.9 Å². The number of ether oxygens (including phenoxy) is 1. The third-order valence-corrected chi connectivity index (χ3v) is 7.11. The number of sulfonamides is 1. The molecule has 0 bridgehead atoms. The number of rotatable bonds is 6. The number of thiazole rings is 1. The molecular weight excluding hydrogens is 384 g/mol. The van der Waals surface area contributed by atoms with E-state index in [1.165, 1.54) is 6.42 Å². The second-order valence-corrected chi connectivity index (χ2v) is 9.39. The van der Waals surface area contributed by atoms with Crippen molar-refractivity contribution in [3.63, 3.8) is 0 Å². The van der Waals surface area contributed by atoms with Crippen molar-refractivity contribution in [2.75, 3.05) is 11.3 Å². The minimum atomic E-state index is -3.76. The van der Waals surface area contributed by atoms with Crippen LogP contribution < -0.4 is 4.72 Å². The number of nitrogens with one attached hydrogen (secondary N) is 1. The molecule has 0 unspecified atom stereocenters. The second-order valence-electron chi connectivity index (χ2n) is 6.71. The van der Waals surface area contributed by atoms with Gasteiger partial charge in [0.15, 0.2) is 5.13 Å². The van der Waals surface area contributed by atoms with Crippen LogP contribution in [-0.4, -0.2) is 26.0 Å². The van der Waals surface area contributed by atoms with E-state index in [-0.39, 0.29) is 22.6 Å². The Labute approximate surface area is 164 Å². The summed E-state index contributed by atoms with van der Waals surface area (Å²) in [5, 5.41) is 0.208. The van der Waals surface area contributed by atoms with Crippen LogP contribution in [0.4, 0.5) is 5.13 Å². The Bertz CT molecular complexity index is 898. The number of aromatic nitrogens is 1. The van der Waals surface area contributed by atoms with Crippen molar-refractivity contribution >= 4 is 32.5 Å². The van der Waals surface area contributed by atoms with Crippen molar-refractivity contribution in [3.8, 4) is 0 Å². The molecule has 0 radical (unpaired) electrons. The predicted octanol–water partition coefficient (Wildman–Crippen LogP) is 4.48. The van der Waals surface area contributed by atoms with E-state index in [1.54, 1.807) is 31.2 Å². The topological polar surface area (TPSA) is 85.4 Å². The molecule has 8 heteroatoms. The van der Waals surface area contributed by atoms with Gasteiger partial charge in [0, 0.05) is 5.92 Å². The summed E-state index contributed by atoms with van der Waals surface area (Å²) in [7, 11) is -3.76. The lowest BCUT2D eigenvalue weighted by Gasteiger charge is -2.20. The SMILES string of the molecule is CCOC(=O)c1sc(NS(=O)(=O)c2ccc(C)cc2)nc1C1CCCCC1. The van der Waals surface area contributed by atoms with E-state index >= 15 is 0 Å². The quantitative estimate of drug-likeness (QED) is 0.713. The highest BCUT2D eigenvalue weighted by Crippen LogP contribution is 2.38. The van der Waals surface area contributed by atoms with Crippen LogP contribution in [0.25, 0.3) is 0 Å². The summed E-state index contributed by atoms with van der Waals surface area (Å²) in [5.74, 6) is -0.261. The van der Waals surface area contributed by atoms with Crippen molar-refractivity contribution in [2.45, 2.75) is 56.8 Å². The molecule has 3 rings (SSSR count). The molecule has 1 fully saturated rings. The largest absolute Gasteiger partial charge is 0.462 e. The van der Waals surface area contributed by atoms with Crippen molar-refractivity contribution in [2.24, 2.45) is 0 Å². The fourth-order valence-electron chi connectivity index (χ4n) is 3.26. The lowest BCUT2D eigenvalue weighted by molar-refractivity contribution is 0.0529. The minimum Gasteiger partial charge on any atom is -0.462 e. The molecule has 1 aliphatic rings. The lowest BCUT2D eigenvalue weighted by Crippen LogP contribution is -2.13. The van der Waals surface area contributed by atoms with Gasteiger partial charge in [0.2, 0.25) is 0 Å². The van der Waals surface area contributed by atoms with Crippen LogP contribution in [-0.2, 0) is 14.8 Å². The lowest BCUT2D eigenvalue weighted by atomic mass is 9.86. The van der Waals surface area contributed by atoms with Gasteiger partial charge in [-0.2, -0.15) is 0 Å². The van der Waals surface area contributed by atoms with Gasteiger partial charge in [0.25, 0.3) is 10.0 Å². The first kappa shape index (κ1) is 19.8. The monoisotopic (exact) mass is 408 g/mol. The van der Waals surface area contributed by atoms with Crippen LogP contribution in [0.15, 0.2) is 29.2 Å². The smallest absolute Gasteiger partial charge is 0.350 e. The third kappa shape index (κ3) is 4.68. The first-order valence-electron chi connectivity index (χ1n) is 9.18. The molecule has 27 heavy (non-hydrogen) atoms. The number of carbonyl (C=O) groups is 1. The number of hydrogen-bond donors (Lipinski definition) is 1. The van der Waals surface area contributed by atoms with Gasteiger partial charge < -0.3 is 4.74 Å². The zero-order valence-electron chi connectivity index (χ0n) is 15.5. The van der Waals surface area contributed by atoms with Gasteiger partial charge in [-0.3, -0.25) is 4.72 Å². The summed E-state index contributed by atoms with van der Waals surface area (Å²) in [6, 6.07) is 6.60. The Kier molecular flexibility index (Phi) is 6.16. The van der Waals surface area contributed by atoms with Crippen molar-refractivity contribution in [1.82, 2.24) is 4.98 Å². The van der Waals surface area contributed by atoms with Gasteiger partial charge in [-0.25, -0.2) is 18.2 Å². The zero-order chi connectivity index (χ0) is 19.4. The number of carbonyl (C=O) groups excluding carboxylic acids is 1. The number of nitrogens with zero attached hydrogens (tertiary/aromatic N) is 1. The van der Waals surface area contributed by atoms with Gasteiger partial charge in [-0.15, -0.1) is 0 Å². The average Bonchev–Trinajstić information content (AvgIpc) is 3.06. The second kappa shape index (κ2) is 8.39. The third-order valence-electron chi connectivity index (χ3n) is 4.66. The molecule has 1 aromatic heterocycles. The Morgan fingerprint density at radius 3 is 2.52 bits per heavy atom. The van der Waals surface area contributed by atoms with E-state index < -0.39 is 16.0 Å². The predicted molar refractivity (Wildman–Crippen MR) is 106 cm³/mol. The standard InChI is InChI=1S/C19H24N2O4S2/c1-3-25-18(22)17-16(14-7-5-4-6-8-14)20-19(26-17)21-27(23,24)15-11-9-13(2)10-12-15/h9-12,14H,3-8H2,1-2H3,(H,20,21). The van der Waals surface area contributed by atoms with E-state index in [9.17, 15) is 13.2 Å². The molecule has 0 atom stereocenters. The summed E-state index contributed by atoms with van der Waals surface area (Å²) >= 11 is 1.05. The Balaban J connectivity index is 1.91. The molecule has 1 heterocycles. The normalized spacial score (nSPS) is 15.5. The van der Waals surface area contributed by atoms with Crippen LogP contribution in [0.3, 0.4) is 0 Å². The molecule has 1 N–H and O–H groups in total. The van der Waals surface area contributed by atoms with Crippen LogP contribution in [0.2, 0.25) is 0 Å². The van der Waals surface area contributed by atoms with E-state index in [1.807, 2.05) is 6.92 Å². The highest BCUT2D eigenvalue weighted by molar-refractivity contribution is 7.93. The van der Waals surface area contributed by atoms with Crippen molar-refractivity contribution < 1.29 is 17.9 Å². The van der Waals surface area contributed by atoms with Crippen molar-refractivity contribution in [1.29, 1.82) is 0 Å². The summed E-state index contributed by atoms with van der Waals surface area (Å²) in [5.41, 5.74) is 1.65. The Morgan fingerprint density at radius 1 is 1.22 bits per heavy atom. The molecule has 2 aromatic rings. The molecule has 0 spiro atoms. The summed E-state index contributed by atoms with van der Waals surface area (Å²) in [4.78, 5) is 17.4. The number of aryl methyl sites for hydroxylation is 1. The van der Waals surface area contributed by atoms with Crippen molar-refractivity contribution in [3.05, 3.63) is 40.4 Å². The maximum Gasteiger partial charge on any atom is 0.350 e. The highest BCUT2D eigenvalue weighted by Gasteiger charge is 2.28. The molecule has 0 amide bonds. The van der Waals surface area contributed by atoms with Crippen LogP contribution in [0.5, 0.6) is 0 Å². The van der Waals surface area contributed by atoms with Gasteiger partial charge in [-0.1, -0.05) is 48.3 Å². The van der Waals surface area contributed by atoms with Gasteiger partial charge in [-0.05, 0) is 38.8 Å². The number of benzene rings is 1. The first-order valence-corrected chi connectivity index (χ1v) is 11.5. The molecular formula is C19H24N2O4S2. The maximum atomic E-state index is 12.6. The van der Waals surface area contributed by atoms with Gasteiger partial charge >= 0.3 is 5.97 Å². The van der Waals surface area contributed by atoms with E-state index in [0.717, 1.165) is 42.6 Å². The Morgan fingerprint density at radius 2 is 1.89 bits per heavy atom. The van der Waals surface area contributed by atoms with E-state index in [4.69, 9.17) is 4.74 Å². The highest BCUT2D eigenvalue weighted by atomic mass is 32.2. The van der Waals surface area contributed by atoms with E-state index in [0.29, 0.717) is 10.6 Å². The van der Waals surface area contributed by atoms with Gasteiger partial charge in [0.05, 0.1) is 17.2 Å². The van der Waals surface area contributed by atoms with Crippen LogP contribution >= 0.6 is 11.3 Å². The molecule has 1 aliphatic carbocycles. The molecule has 1 aromatic carbocycles. The van der Waals surface area contributed by atoms with Gasteiger partial charge in [0.1, 0.15) is 4.88 Å². The molecule has 0 aliphatic heterocycles. The summed E-state index contributed by atoms with van der Waals surface area (Å²) in [6.45, 7) is 3.91. The van der Waals surface area contributed by atoms with Crippen LogP contribution in [0, 0.1) is 6.92 Å². The Hall–Kier alpha value is -1.93. The molecule has 146 valence electrons. The number of esters is 1. The minimum absolute atomic E-state index is 0.167. The summed E-state index contributed by atoms with van der Waals surface area (Å²) < 4.78 is 33.0. The maximum absolute atomic E-state index is 12.6. The summed E-state index contributed by atoms with van der Waals surface area (Å²) in [6.07, 6.45) is 5.28. The first-order chi connectivity index (χ1) is 12.9. The number of anilines is 1.